The van der Waals surface area contributed by atoms with E-state index in [-0.39, 0.29) is 17.8 Å². The zero-order valence-corrected chi connectivity index (χ0v) is 13.3. The quantitative estimate of drug-likeness (QED) is 0.597. The number of hydrogen-bond donors (Lipinski definition) is 0. The third kappa shape index (κ3) is 5.17. The smallest absolute Gasteiger partial charge is 0.316 e. The fourth-order valence-electron chi connectivity index (χ4n) is 1.89. The molecular weight excluding hydrogens is 319 g/mol. The van der Waals surface area contributed by atoms with Crippen LogP contribution in [0.4, 0.5) is 0 Å². The monoisotopic (exact) mass is 334 g/mol. The predicted octanol–water partition coefficient (Wildman–Crippen LogP) is 4.20. The van der Waals surface area contributed by atoms with E-state index in [1.165, 1.54) is 11.8 Å². The molecule has 1 unspecified atom stereocenters. The van der Waals surface area contributed by atoms with Crippen LogP contribution in [-0.2, 0) is 14.3 Å². The molecule has 0 N–H and O–H groups in total. The van der Waals surface area contributed by atoms with Crippen LogP contribution in [0, 0.1) is 0 Å². The van der Waals surface area contributed by atoms with Crippen LogP contribution in [0.3, 0.4) is 0 Å². The zero-order valence-electron chi connectivity index (χ0n) is 10.9. The van der Waals surface area contributed by atoms with E-state index < -0.39 is 0 Å². The zero-order chi connectivity index (χ0) is 14.4. The number of esters is 1. The van der Waals surface area contributed by atoms with Gasteiger partial charge in [-0.1, -0.05) is 23.2 Å². The van der Waals surface area contributed by atoms with Crippen molar-refractivity contribution >= 4 is 40.9 Å². The molecule has 0 radical (unpaired) electrons. The Morgan fingerprint density at radius 3 is 3.00 bits per heavy atom. The van der Waals surface area contributed by atoms with E-state index in [2.05, 4.69) is 0 Å². The molecule has 3 nitrogen and oxygen atoms in total. The van der Waals surface area contributed by atoms with Crippen molar-refractivity contribution in [3.05, 3.63) is 28.2 Å². The molecule has 1 fully saturated rings. The molecular formula is C14H16Cl2O3S. The van der Waals surface area contributed by atoms with Crippen LogP contribution in [0.5, 0.6) is 0 Å². The number of rotatable bonds is 5. The van der Waals surface area contributed by atoms with Crippen molar-refractivity contribution in [3.8, 4) is 0 Å². The standard InChI is InChI=1S/C14H16Cl2O3S/c15-10-4-5-12(16)13(7-10)20-9-14(17)19-8-11-3-1-2-6-18-11/h4-5,7,11H,1-3,6,8-9H2. The van der Waals surface area contributed by atoms with E-state index in [0.717, 1.165) is 30.8 Å². The highest BCUT2D eigenvalue weighted by atomic mass is 35.5. The first-order valence-corrected chi connectivity index (χ1v) is 8.24. The van der Waals surface area contributed by atoms with Gasteiger partial charge in [-0.05, 0) is 37.5 Å². The lowest BCUT2D eigenvalue weighted by molar-refractivity contribution is -0.145. The van der Waals surface area contributed by atoms with Crippen LogP contribution in [0.25, 0.3) is 0 Å². The maximum atomic E-state index is 11.7. The highest BCUT2D eigenvalue weighted by Gasteiger charge is 2.16. The summed E-state index contributed by atoms with van der Waals surface area (Å²) in [5.41, 5.74) is 0. The van der Waals surface area contributed by atoms with Crippen molar-refractivity contribution < 1.29 is 14.3 Å². The summed E-state index contributed by atoms with van der Waals surface area (Å²) in [7, 11) is 0. The molecule has 1 aromatic carbocycles. The number of halogens is 2. The summed E-state index contributed by atoms with van der Waals surface area (Å²) in [5, 5.41) is 1.18. The fourth-order valence-corrected chi connectivity index (χ4v) is 3.18. The van der Waals surface area contributed by atoms with Gasteiger partial charge in [-0.2, -0.15) is 0 Å². The predicted molar refractivity (Wildman–Crippen MR) is 81.7 cm³/mol. The lowest BCUT2D eigenvalue weighted by atomic mass is 10.1. The molecule has 110 valence electrons. The molecule has 2 rings (SSSR count). The average molecular weight is 335 g/mol. The Hall–Kier alpha value is -0.420. The minimum atomic E-state index is -0.264. The molecule has 0 aromatic heterocycles. The van der Waals surface area contributed by atoms with Gasteiger partial charge in [-0.3, -0.25) is 4.79 Å². The Morgan fingerprint density at radius 2 is 2.25 bits per heavy atom. The van der Waals surface area contributed by atoms with Crippen LogP contribution in [0.2, 0.25) is 10.0 Å². The van der Waals surface area contributed by atoms with Gasteiger partial charge in [0.1, 0.15) is 6.61 Å². The first kappa shape index (κ1) is 16.0. The molecule has 0 spiro atoms. The van der Waals surface area contributed by atoms with Crippen LogP contribution >= 0.6 is 35.0 Å². The number of thioether (sulfide) groups is 1. The molecule has 1 saturated heterocycles. The highest BCUT2D eigenvalue weighted by molar-refractivity contribution is 8.00. The minimum Gasteiger partial charge on any atom is -0.462 e. The van der Waals surface area contributed by atoms with Gasteiger partial charge >= 0.3 is 5.97 Å². The molecule has 6 heteroatoms. The number of carbonyl (C=O) groups excluding carboxylic acids is 1. The van der Waals surface area contributed by atoms with E-state index in [1.54, 1.807) is 18.2 Å². The topological polar surface area (TPSA) is 35.5 Å². The van der Waals surface area contributed by atoms with Crippen molar-refractivity contribution in [2.24, 2.45) is 0 Å². The van der Waals surface area contributed by atoms with Gasteiger partial charge in [-0.15, -0.1) is 11.8 Å². The van der Waals surface area contributed by atoms with Gasteiger partial charge < -0.3 is 9.47 Å². The number of ether oxygens (including phenoxy) is 2. The first-order chi connectivity index (χ1) is 9.65. The van der Waals surface area contributed by atoms with Crippen molar-refractivity contribution in [1.82, 2.24) is 0 Å². The summed E-state index contributed by atoms with van der Waals surface area (Å²) < 4.78 is 10.7. The van der Waals surface area contributed by atoms with Gasteiger partial charge in [-0.25, -0.2) is 0 Å². The summed E-state index contributed by atoms with van der Waals surface area (Å²) in [5.74, 6) is -0.0486. The fraction of sp³-hybridized carbons (Fsp3) is 0.500. The van der Waals surface area contributed by atoms with Gasteiger partial charge in [0, 0.05) is 16.5 Å². The van der Waals surface area contributed by atoms with Crippen LogP contribution in [0.1, 0.15) is 19.3 Å². The Kier molecular flexibility index (Phi) is 6.49. The third-order valence-corrected chi connectivity index (χ3v) is 4.65. The summed E-state index contributed by atoms with van der Waals surface area (Å²) in [4.78, 5) is 12.5. The second-order valence-corrected chi connectivity index (χ2v) is 6.40. The summed E-state index contributed by atoms with van der Waals surface area (Å²) in [6, 6.07) is 5.17. The maximum absolute atomic E-state index is 11.7. The van der Waals surface area contributed by atoms with Gasteiger partial charge in [0.2, 0.25) is 0 Å². The van der Waals surface area contributed by atoms with E-state index >= 15 is 0 Å². The molecule has 1 aliphatic rings. The lowest BCUT2D eigenvalue weighted by Crippen LogP contribution is -2.26. The van der Waals surface area contributed by atoms with E-state index in [4.69, 9.17) is 32.7 Å². The highest BCUT2D eigenvalue weighted by Crippen LogP contribution is 2.29. The van der Waals surface area contributed by atoms with E-state index in [9.17, 15) is 4.79 Å². The Morgan fingerprint density at radius 1 is 1.40 bits per heavy atom. The van der Waals surface area contributed by atoms with Crippen molar-refractivity contribution in [1.29, 1.82) is 0 Å². The molecule has 0 aliphatic carbocycles. The lowest BCUT2D eigenvalue weighted by Gasteiger charge is -2.22. The Balaban J connectivity index is 1.73. The van der Waals surface area contributed by atoms with Gasteiger partial charge in [0.25, 0.3) is 0 Å². The van der Waals surface area contributed by atoms with Crippen molar-refractivity contribution in [2.45, 2.75) is 30.3 Å². The first-order valence-electron chi connectivity index (χ1n) is 6.50. The van der Waals surface area contributed by atoms with Crippen LogP contribution in [0.15, 0.2) is 23.1 Å². The van der Waals surface area contributed by atoms with Gasteiger partial charge in [0.05, 0.1) is 16.9 Å². The largest absolute Gasteiger partial charge is 0.462 e. The Labute approximate surface area is 132 Å². The minimum absolute atomic E-state index is 0.0486. The van der Waals surface area contributed by atoms with E-state index in [1.807, 2.05) is 0 Å². The van der Waals surface area contributed by atoms with Crippen molar-refractivity contribution in [3.63, 3.8) is 0 Å². The number of benzene rings is 1. The molecule has 1 heterocycles. The number of carbonyl (C=O) groups is 1. The summed E-state index contributed by atoms with van der Waals surface area (Å²) in [6.07, 6.45) is 3.23. The second kappa shape index (κ2) is 8.13. The van der Waals surface area contributed by atoms with E-state index in [0.29, 0.717) is 16.7 Å². The third-order valence-electron chi connectivity index (χ3n) is 2.94. The SMILES string of the molecule is O=C(CSc1cc(Cl)ccc1Cl)OCC1CCCCO1. The van der Waals surface area contributed by atoms with Crippen LogP contribution in [-0.4, -0.2) is 31.0 Å². The molecule has 1 atom stereocenters. The molecule has 0 bridgehead atoms. The molecule has 20 heavy (non-hydrogen) atoms. The summed E-state index contributed by atoms with van der Waals surface area (Å²) >= 11 is 13.2. The summed E-state index contributed by atoms with van der Waals surface area (Å²) in [6.45, 7) is 1.10. The average Bonchev–Trinajstić information content (AvgIpc) is 2.47. The van der Waals surface area contributed by atoms with Gasteiger partial charge in [0.15, 0.2) is 0 Å². The molecule has 1 aromatic rings. The van der Waals surface area contributed by atoms with Crippen molar-refractivity contribution in [2.75, 3.05) is 19.0 Å². The second-order valence-electron chi connectivity index (χ2n) is 4.54. The molecule has 0 saturated carbocycles. The molecule has 0 amide bonds. The maximum Gasteiger partial charge on any atom is 0.316 e. The molecule has 1 aliphatic heterocycles. The van der Waals surface area contributed by atoms with Crippen LogP contribution < -0.4 is 0 Å². The normalized spacial score (nSPS) is 18.8. The Bertz CT molecular complexity index is 462. The number of hydrogen-bond acceptors (Lipinski definition) is 4.